The van der Waals surface area contributed by atoms with Gasteiger partial charge in [-0.1, -0.05) is 18.0 Å². The average molecular weight is 443 g/mol. The van der Waals surface area contributed by atoms with Gasteiger partial charge in [-0.05, 0) is 43.9 Å². The molecule has 1 saturated carbocycles. The first-order chi connectivity index (χ1) is 14.9. The molecule has 0 N–H and O–H groups in total. The molecule has 0 radical (unpaired) electrons. The fraction of sp³-hybridized carbons (Fsp3) is 0.435. The number of benzene rings is 1. The standard InChI is InChI=1S/C23H24ClFN4O2/c1-13-26-18-11-20(29-8-9-31-19(12-29)14-4-3-5-14)27-22(21(18)23(30)28(13)2)16-7-6-15(24)10-17(16)25/h6-7,10-11,14,19H,3-5,8-9,12H2,1-2H3/t19-/m1/s1. The predicted molar refractivity (Wildman–Crippen MR) is 119 cm³/mol. The number of anilines is 1. The topological polar surface area (TPSA) is 60.2 Å². The largest absolute Gasteiger partial charge is 0.374 e. The summed E-state index contributed by atoms with van der Waals surface area (Å²) < 4.78 is 22.4. The first-order valence-electron chi connectivity index (χ1n) is 10.6. The highest BCUT2D eigenvalue weighted by Gasteiger charge is 2.33. The molecular weight excluding hydrogens is 419 g/mol. The molecule has 0 bridgehead atoms. The van der Waals surface area contributed by atoms with E-state index in [4.69, 9.17) is 21.3 Å². The van der Waals surface area contributed by atoms with E-state index < -0.39 is 5.82 Å². The molecule has 1 aromatic carbocycles. The van der Waals surface area contributed by atoms with Crippen LogP contribution in [-0.4, -0.2) is 40.3 Å². The molecular formula is C23H24ClFN4O2. The van der Waals surface area contributed by atoms with Gasteiger partial charge >= 0.3 is 0 Å². The number of aromatic nitrogens is 3. The number of rotatable bonds is 3. The zero-order chi connectivity index (χ0) is 21.7. The molecule has 5 rings (SSSR count). The first kappa shape index (κ1) is 20.4. The Labute approximate surface area is 184 Å². The van der Waals surface area contributed by atoms with Crippen LogP contribution >= 0.6 is 11.6 Å². The van der Waals surface area contributed by atoms with Crippen LogP contribution in [0.1, 0.15) is 25.1 Å². The molecule has 1 atom stereocenters. The van der Waals surface area contributed by atoms with Gasteiger partial charge in [-0.25, -0.2) is 14.4 Å². The summed E-state index contributed by atoms with van der Waals surface area (Å²) in [5, 5.41) is 0.599. The van der Waals surface area contributed by atoms with Crippen molar-refractivity contribution in [3.8, 4) is 11.3 Å². The lowest BCUT2D eigenvalue weighted by molar-refractivity contribution is -0.0225. The Balaban J connectivity index is 1.68. The minimum Gasteiger partial charge on any atom is -0.374 e. The fourth-order valence-corrected chi connectivity index (χ4v) is 4.56. The van der Waals surface area contributed by atoms with Crippen molar-refractivity contribution in [2.24, 2.45) is 13.0 Å². The number of pyridine rings is 1. The number of morpholine rings is 1. The molecule has 6 nitrogen and oxygen atoms in total. The van der Waals surface area contributed by atoms with E-state index >= 15 is 0 Å². The van der Waals surface area contributed by atoms with Gasteiger partial charge in [0.25, 0.3) is 5.56 Å². The van der Waals surface area contributed by atoms with Crippen molar-refractivity contribution in [3.05, 3.63) is 51.3 Å². The molecule has 3 aromatic rings. The number of hydrogen-bond acceptors (Lipinski definition) is 5. The normalized spacial score (nSPS) is 19.6. The lowest BCUT2D eigenvalue weighted by Gasteiger charge is -2.41. The Bertz CT molecular complexity index is 1220. The van der Waals surface area contributed by atoms with Crippen LogP contribution in [0.3, 0.4) is 0 Å². The number of hydrogen-bond donors (Lipinski definition) is 0. The minimum absolute atomic E-state index is 0.175. The highest BCUT2D eigenvalue weighted by Crippen LogP contribution is 2.35. The van der Waals surface area contributed by atoms with Gasteiger partial charge < -0.3 is 9.64 Å². The second-order valence-corrected chi connectivity index (χ2v) is 8.85. The molecule has 31 heavy (non-hydrogen) atoms. The summed E-state index contributed by atoms with van der Waals surface area (Å²) in [4.78, 5) is 24.7. The number of nitrogens with zero attached hydrogens (tertiary/aromatic N) is 4. The van der Waals surface area contributed by atoms with Gasteiger partial charge in [0.05, 0.1) is 29.3 Å². The van der Waals surface area contributed by atoms with E-state index in [-0.39, 0.29) is 17.2 Å². The van der Waals surface area contributed by atoms with Crippen molar-refractivity contribution in [1.82, 2.24) is 14.5 Å². The van der Waals surface area contributed by atoms with Crippen LogP contribution < -0.4 is 10.5 Å². The monoisotopic (exact) mass is 442 g/mol. The second-order valence-electron chi connectivity index (χ2n) is 8.42. The van der Waals surface area contributed by atoms with E-state index in [1.807, 2.05) is 6.07 Å². The Morgan fingerprint density at radius 1 is 1.23 bits per heavy atom. The Hall–Kier alpha value is -2.51. The van der Waals surface area contributed by atoms with Crippen LogP contribution in [0.15, 0.2) is 29.1 Å². The lowest BCUT2D eigenvalue weighted by atomic mass is 9.80. The molecule has 8 heteroatoms. The predicted octanol–water partition coefficient (Wildman–Crippen LogP) is 4.10. The Morgan fingerprint density at radius 3 is 2.74 bits per heavy atom. The van der Waals surface area contributed by atoms with Crippen molar-refractivity contribution < 1.29 is 9.13 Å². The summed E-state index contributed by atoms with van der Waals surface area (Å²) in [6, 6.07) is 6.25. The van der Waals surface area contributed by atoms with Gasteiger partial charge in [-0.3, -0.25) is 9.36 Å². The zero-order valence-electron chi connectivity index (χ0n) is 17.6. The van der Waals surface area contributed by atoms with Crippen molar-refractivity contribution in [3.63, 3.8) is 0 Å². The van der Waals surface area contributed by atoms with E-state index in [2.05, 4.69) is 9.88 Å². The Kier molecular flexibility index (Phi) is 5.18. The van der Waals surface area contributed by atoms with Crippen molar-refractivity contribution >= 4 is 28.3 Å². The fourth-order valence-electron chi connectivity index (χ4n) is 4.40. The van der Waals surface area contributed by atoms with Crippen molar-refractivity contribution in [1.29, 1.82) is 0 Å². The number of aryl methyl sites for hydroxylation is 1. The van der Waals surface area contributed by atoms with Crippen LogP contribution in [0.5, 0.6) is 0 Å². The van der Waals surface area contributed by atoms with E-state index in [0.29, 0.717) is 52.3 Å². The third kappa shape index (κ3) is 3.59. The maximum Gasteiger partial charge on any atom is 0.263 e. The summed E-state index contributed by atoms with van der Waals surface area (Å²) in [6.07, 6.45) is 3.82. The van der Waals surface area contributed by atoms with E-state index in [1.54, 1.807) is 26.1 Å². The van der Waals surface area contributed by atoms with Gasteiger partial charge in [0.15, 0.2) is 0 Å². The maximum atomic E-state index is 14.9. The second kappa shape index (κ2) is 7.88. The van der Waals surface area contributed by atoms with Crippen molar-refractivity contribution in [2.45, 2.75) is 32.3 Å². The number of halogens is 2. The van der Waals surface area contributed by atoms with Gasteiger partial charge in [-0.15, -0.1) is 0 Å². The lowest BCUT2D eigenvalue weighted by Crippen LogP contribution is -2.47. The zero-order valence-corrected chi connectivity index (χ0v) is 18.3. The van der Waals surface area contributed by atoms with Crippen LogP contribution in [0.2, 0.25) is 5.02 Å². The van der Waals surface area contributed by atoms with Crippen LogP contribution in [-0.2, 0) is 11.8 Å². The van der Waals surface area contributed by atoms with Crippen LogP contribution in [0, 0.1) is 18.7 Å². The first-order valence-corrected chi connectivity index (χ1v) is 11.0. The SMILES string of the molecule is Cc1nc2cc(N3CCO[C@@H](C4CCC4)C3)nc(-c3ccc(Cl)cc3F)c2c(=O)n1C. The number of fused-ring (bicyclic) bond motifs is 1. The molecule has 1 saturated heterocycles. The van der Waals surface area contributed by atoms with Gasteiger partial charge in [0.1, 0.15) is 17.5 Å². The summed E-state index contributed by atoms with van der Waals surface area (Å²) in [5.41, 5.74) is 0.797. The van der Waals surface area contributed by atoms with E-state index in [9.17, 15) is 9.18 Å². The molecule has 0 unspecified atom stereocenters. The molecule has 3 heterocycles. The highest BCUT2D eigenvalue weighted by molar-refractivity contribution is 6.30. The molecule has 1 aliphatic carbocycles. The molecule has 0 spiro atoms. The van der Waals surface area contributed by atoms with Crippen LogP contribution in [0.4, 0.5) is 10.2 Å². The number of ether oxygens (including phenoxy) is 1. The smallest absolute Gasteiger partial charge is 0.263 e. The summed E-state index contributed by atoms with van der Waals surface area (Å²) in [7, 11) is 1.66. The molecule has 2 fully saturated rings. The molecule has 0 amide bonds. The maximum absolute atomic E-state index is 14.9. The van der Waals surface area contributed by atoms with Gasteiger partial charge in [0, 0.05) is 36.8 Å². The quantitative estimate of drug-likeness (QED) is 0.611. The van der Waals surface area contributed by atoms with E-state index in [0.717, 1.165) is 6.54 Å². The van der Waals surface area contributed by atoms with Gasteiger partial charge in [-0.2, -0.15) is 0 Å². The molecule has 1 aliphatic heterocycles. The summed E-state index contributed by atoms with van der Waals surface area (Å²) >= 11 is 5.96. The van der Waals surface area contributed by atoms with E-state index in [1.165, 1.54) is 29.9 Å². The third-order valence-corrected chi connectivity index (χ3v) is 6.79. The minimum atomic E-state index is -0.518. The summed E-state index contributed by atoms with van der Waals surface area (Å²) in [6.45, 7) is 3.82. The Morgan fingerprint density at radius 2 is 2.03 bits per heavy atom. The third-order valence-electron chi connectivity index (χ3n) is 6.55. The van der Waals surface area contributed by atoms with Crippen molar-refractivity contribution in [2.75, 3.05) is 24.6 Å². The molecule has 162 valence electrons. The highest BCUT2D eigenvalue weighted by atomic mass is 35.5. The molecule has 2 aliphatic rings. The molecule has 2 aromatic heterocycles. The van der Waals surface area contributed by atoms with Gasteiger partial charge in [0.2, 0.25) is 0 Å². The average Bonchev–Trinajstić information content (AvgIpc) is 2.70. The van der Waals surface area contributed by atoms with Crippen LogP contribution in [0.25, 0.3) is 22.2 Å². The summed E-state index contributed by atoms with van der Waals surface area (Å²) in [5.74, 6) is 1.34.